The van der Waals surface area contributed by atoms with Crippen molar-refractivity contribution < 1.29 is 9.90 Å². The van der Waals surface area contributed by atoms with Crippen LogP contribution in [0.15, 0.2) is 0 Å². The maximum Gasteiger partial charge on any atom is 0.229 e. The fraction of sp³-hybridized carbons (Fsp3) is 0.833. The first-order chi connectivity index (χ1) is 4.81. The Hall–Kier alpha value is -0.220. The lowest BCUT2D eigenvalue weighted by molar-refractivity contribution is -0.118. The molecule has 60 valence electrons. The van der Waals surface area contributed by atoms with E-state index in [0.717, 1.165) is 12.8 Å². The SMILES string of the molecule is O=C(CS)NCCCCO. The quantitative estimate of drug-likeness (QED) is 0.388. The van der Waals surface area contributed by atoms with E-state index in [4.69, 9.17) is 5.11 Å². The smallest absolute Gasteiger partial charge is 0.229 e. The van der Waals surface area contributed by atoms with Gasteiger partial charge in [-0.05, 0) is 12.8 Å². The Morgan fingerprint density at radius 2 is 2.20 bits per heavy atom. The molecule has 1 amide bonds. The number of aliphatic hydroxyl groups excluding tert-OH is 1. The number of unbranched alkanes of at least 4 members (excludes halogenated alkanes) is 1. The molecule has 0 radical (unpaired) electrons. The van der Waals surface area contributed by atoms with Crippen molar-refractivity contribution in [3.05, 3.63) is 0 Å². The molecule has 0 rings (SSSR count). The third kappa shape index (κ3) is 5.91. The van der Waals surface area contributed by atoms with Gasteiger partial charge in [-0.3, -0.25) is 4.79 Å². The van der Waals surface area contributed by atoms with Crippen LogP contribution < -0.4 is 5.32 Å². The van der Waals surface area contributed by atoms with Crippen molar-refractivity contribution in [1.82, 2.24) is 5.32 Å². The van der Waals surface area contributed by atoms with Crippen molar-refractivity contribution in [3.8, 4) is 0 Å². The highest BCUT2D eigenvalue weighted by molar-refractivity contribution is 7.81. The number of hydrogen-bond acceptors (Lipinski definition) is 3. The zero-order valence-corrected chi connectivity index (χ0v) is 6.73. The van der Waals surface area contributed by atoms with Crippen LogP contribution in [0.25, 0.3) is 0 Å². The van der Waals surface area contributed by atoms with E-state index >= 15 is 0 Å². The van der Waals surface area contributed by atoms with E-state index in [-0.39, 0.29) is 18.3 Å². The standard InChI is InChI=1S/C6H13NO2S/c8-4-2-1-3-7-6(9)5-10/h8,10H,1-5H2,(H,7,9). The average Bonchev–Trinajstić information content (AvgIpc) is 1.98. The molecule has 0 spiro atoms. The predicted octanol–water partition coefficient (Wildman–Crippen LogP) is -0.195. The lowest BCUT2D eigenvalue weighted by Gasteiger charge is -2.00. The first-order valence-corrected chi connectivity index (χ1v) is 3.93. The van der Waals surface area contributed by atoms with Crippen molar-refractivity contribution in [3.63, 3.8) is 0 Å². The Morgan fingerprint density at radius 1 is 1.50 bits per heavy atom. The maximum absolute atomic E-state index is 10.5. The summed E-state index contributed by atoms with van der Waals surface area (Å²) in [5.74, 6) is 0.181. The van der Waals surface area contributed by atoms with Gasteiger partial charge in [0.15, 0.2) is 0 Å². The highest BCUT2D eigenvalue weighted by atomic mass is 32.1. The van der Waals surface area contributed by atoms with E-state index in [0.29, 0.717) is 6.54 Å². The van der Waals surface area contributed by atoms with Gasteiger partial charge in [-0.1, -0.05) is 0 Å². The summed E-state index contributed by atoms with van der Waals surface area (Å²) < 4.78 is 0. The van der Waals surface area contributed by atoms with Crippen LogP contribution in [0, 0.1) is 0 Å². The van der Waals surface area contributed by atoms with Crippen LogP contribution >= 0.6 is 12.6 Å². The average molecular weight is 163 g/mol. The van der Waals surface area contributed by atoms with Crippen LogP contribution in [0.2, 0.25) is 0 Å². The van der Waals surface area contributed by atoms with Gasteiger partial charge >= 0.3 is 0 Å². The summed E-state index contributed by atoms with van der Waals surface area (Å²) in [6.07, 6.45) is 1.57. The molecule has 4 heteroatoms. The Morgan fingerprint density at radius 3 is 2.70 bits per heavy atom. The second-order valence-electron chi connectivity index (χ2n) is 1.94. The van der Waals surface area contributed by atoms with E-state index in [1.807, 2.05) is 0 Å². The zero-order valence-electron chi connectivity index (χ0n) is 5.84. The maximum atomic E-state index is 10.5. The first kappa shape index (κ1) is 9.78. The molecule has 0 aromatic rings. The van der Waals surface area contributed by atoms with Gasteiger partial charge in [-0.25, -0.2) is 0 Å². The molecule has 0 atom stereocenters. The Kier molecular flexibility index (Phi) is 6.74. The van der Waals surface area contributed by atoms with E-state index in [2.05, 4.69) is 17.9 Å². The molecule has 0 saturated heterocycles. The molecular formula is C6H13NO2S. The van der Waals surface area contributed by atoms with Gasteiger partial charge in [0.25, 0.3) is 0 Å². The molecule has 0 fully saturated rings. The minimum atomic E-state index is -0.0544. The largest absolute Gasteiger partial charge is 0.396 e. The molecular weight excluding hydrogens is 150 g/mol. The zero-order chi connectivity index (χ0) is 7.82. The molecule has 0 aliphatic rings. The normalized spacial score (nSPS) is 9.40. The molecule has 0 heterocycles. The summed E-state index contributed by atoms with van der Waals surface area (Å²) >= 11 is 3.78. The van der Waals surface area contributed by atoms with E-state index in [1.54, 1.807) is 0 Å². The summed E-state index contributed by atoms with van der Waals surface area (Å²) in [4.78, 5) is 10.5. The third-order valence-corrected chi connectivity index (χ3v) is 1.34. The second-order valence-corrected chi connectivity index (χ2v) is 2.26. The highest BCUT2D eigenvalue weighted by Crippen LogP contribution is 1.83. The number of nitrogens with one attached hydrogen (secondary N) is 1. The number of carbonyl (C=O) groups is 1. The fourth-order valence-corrected chi connectivity index (χ4v) is 0.632. The molecule has 3 nitrogen and oxygen atoms in total. The second kappa shape index (κ2) is 6.89. The molecule has 0 aromatic carbocycles. The molecule has 0 bridgehead atoms. The van der Waals surface area contributed by atoms with Crippen molar-refractivity contribution in [2.75, 3.05) is 18.9 Å². The fourth-order valence-electron chi connectivity index (χ4n) is 0.521. The number of rotatable bonds is 5. The van der Waals surface area contributed by atoms with Gasteiger partial charge in [0.2, 0.25) is 5.91 Å². The minimum absolute atomic E-state index is 0.0544. The first-order valence-electron chi connectivity index (χ1n) is 3.29. The lowest BCUT2D eigenvalue weighted by atomic mass is 10.3. The highest BCUT2D eigenvalue weighted by Gasteiger charge is 1.93. The third-order valence-electron chi connectivity index (χ3n) is 1.05. The van der Waals surface area contributed by atoms with E-state index < -0.39 is 0 Å². The van der Waals surface area contributed by atoms with Crippen molar-refractivity contribution in [1.29, 1.82) is 0 Å². The van der Waals surface area contributed by atoms with Crippen LogP contribution in [0.3, 0.4) is 0 Å². The number of aliphatic hydroxyl groups is 1. The number of carbonyl (C=O) groups excluding carboxylic acids is 1. The number of thiol groups is 1. The predicted molar refractivity (Wildman–Crippen MR) is 43.2 cm³/mol. The van der Waals surface area contributed by atoms with Gasteiger partial charge < -0.3 is 10.4 Å². The summed E-state index contributed by atoms with van der Waals surface area (Å²) in [7, 11) is 0. The minimum Gasteiger partial charge on any atom is -0.396 e. The van der Waals surface area contributed by atoms with Gasteiger partial charge in [0.1, 0.15) is 0 Å². The summed E-state index contributed by atoms with van der Waals surface area (Å²) in [6, 6.07) is 0. The summed E-state index contributed by atoms with van der Waals surface area (Å²) in [6.45, 7) is 0.830. The summed E-state index contributed by atoms with van der Waals surface area (Å²) in [5, 5.41) is 11.0. The monoisotopic (exact) mass is 163 g/mol. The van der Waals surface area contributed by atoms with Crippen molar-refractivity contribution in [2.45, 2.75) is 12.8 Å². The number of amides is 1. The number of hydrogen-bond donors (Lipinski definition) is 3. The molecule has 0 unspecified atom stereocenters. The molecule has 0 aliphatic heterocycles. The Balaban J connectivity index is 2.96. The van der Waals surface area contributed by atoms with Crippen LogP contribution in [-0.4, -0.2) is 29.9 Å². The Bertz CT molecular complexity index is 97.7. The molecule has 10 heavy (non-hydrogen) atoms. The van der Waals surface area contributed by atoms with Gasteiger partial charge in [0, 0.05) is 13.2 Å². The van der Waals surface area contributed by atoms with E-state index in [1.165, 1.54) is 0 Å². The lowest BCUT2D eigenvalue weighted by Crippen LogP contribution is -2.25. The van der Waals surface area contributed by atoms with E-state index in [9.17, 15) is 4.79 Å². The molecule has 2 N–H and O–H groups in total. The van der Waals surface area contributed by atoms with Crippen molar-refractivity contribution in [2.24, 2.45) is 0 Å². The van der Waals surface area contributed by atoms with Crippen LogP contribution in [0.4, 0.5) is 0 Å². The van der Waals surface area contributed by atoms with Crippen LogP contribution in [0.1, 0.15) is 12.8 Å². The Labute approximate surface area is 66.2 Å². The van der Waals surface area contributed by atoms with Crippen molar-refractivity contribution >= 4 is 18.5 Å². The topological polar surface area (TPSA) is 49.3 Å². The van der Waals surface area contributed by atoms with Crippen LogP contribution in [-0.2, 0) is 4.79 Å². The van der Waals surface area contributed by atoms with Gasteiger partial charge in [0.05, 0.1) is 5.75 Å². The van der Waals surface area contributed by atoms with Crippen LogP contribution in [0.5, 0.6) is 0 Å². The molecule has 0 saturated carbocycles. The van der Waals surface area contributed by atoms with Gasteiger partial charge in [-0.2, -0.15) is 12.6 Å². The van der Waals surface area contributed by atoms with Gasteiger partial charge in [-0.15, -0.1) is 0 Å². The molecule has 0 aliphatic carbocycles. The summed E-state index contributed by atoms with van der Waals surface area (Å²) in [5.41, 5.74) is 0. The molecule has 0 aromatic heterocycles.